The predicted octanol–water partition coefficient (Wildman–Crippen LogP) is 3.79. The highest BCUT2D eigenvalue weighted by atomic mass is 35.5. The summed E-state index contributed by atoms with van der Waals surface area (Å²) in [6, 6.07) is 15.3. The van der Waals surface area contributed by atoms with E-state index in [0.29, 0.717) is 0 Å². The molecule has 0 saturated heterocycles. The van der Waals surface area contributed by atoms with Crippen molar-refractivity contribution in [2.75, 3.05) is 5.73 Å². The molecule has 0 aliphatic heterocycles. The predicted molar refractivity (Wildman–Crippen MR) is 69.4 cm³/mol. The fraction of sp³-hybridized carbons (Fsp3) is 0.0769. The summed E-state index contributed by atoms with van der Waals surface area (Å²) in [7, 11) is 0. The first kappa shape index (κ1) is 12.4. The maximum atomic E-state index is 5.71. The smallest absolute Gasteiger partial charge is 0.130 e. The molecule has 0 spiro atoms. The Morgan fingerprint density at radius 2 is 1.56 bits per heavy atom. The number of rotatable bonds is 2. The zero-order valence-corrected chi connectivity index (χ0v) is 9.83. The van der Waals surface area contributed by atoms with E-state index >= 15 is 0 Å². The third kappa shape index (κ3) is 2.91. The minimum Gasteiger partial charge on any atom is -0.457 e. The number of para-hydroxylation sites is 1. The number of nitrogens with two attached hydrogens (primary N) is 1. The van der Waals surface area contributed by atoms with Crippen molar-refractivity contribution < 1.29 is 4.74 Å². The SMILES string of the molecule is Cc1ccccc1Oc1ccc(N)cc1.Cl. The standard InChI is InChI=1S/C13H13NO.ClH/c1-10-4-2-3-5-13(10)15-12-8-6-11(14)7-9-12;/h2-9H,14H2,1H3;1H. The van der Waals surface area contributed by atoms with Gasteiger partial charge in [-0.15, -0.1) is 12.4 Å². The molecule has 84 valence electrons. The van der Waals surface area contributed by atoms with Crippen LogP contribution in [0.2, 0.25) is 0 Å². The Morgan fingerprint density at radius 3 is 2.19 bits per heavy atom. The second-order valence-corrected chi connectivity index (χ2v) is 3.44. The average molecular weight is 236 g/mol. The van der Waals surface area contributed by atoms with Gasteiger partial charge in [0.25, 0.3) is 0 Å². The van der Waals surface area contributed by atoms with Crippen LogP contribution in [0, 0.1) is 6.92 Å². The highest BCUT2D eigenvalue weighted by molar-refractivity contribution is 5.85. The van der Waals surface area contributed by atoms with Gasteiger partial charge in [-0.2, -0.15) is 0 Å². The second-order valence-electron chi connectivity index (χ2n) is 3.44. The van der Waals surface area contributed by atoms with E-state index in [1.165, 1.54) is 0 Å². The van der Waals surface area contributed by atoms with E-state index in [1.54, 1.807) is 0 Å². The van der Waals surface area contributed by atoms with Gasteiger partial charge in [-0.05, 0) is 42.8 Å². The lowest BCUT2D eigenvalue weighted by Crippen LogP contribution is -1.88. The Bertz CT molecular complexity index is 454. The molecule has 2 aromatic rings. The fourth-order valence-electron chi connectivity index (χ4n) is 1.33. The zero-order chi connectivity index (χ0) is 10.7. The number of hydrogen-bond acceptors (Lipinski definition) is 2. The first-order valence-corrected chi connectivity index (χ1v) is 4.85. The number of halogens is 1. The van der Waals surface area contributed by atoms with Gasteiger partial charge in [0.05, 0.1) is 0 Å². The van der Waals surface area contributed by atoms with Crippen LogP contribution in [0.1, 0.15) is 5.56 Å². The molecule has 0 amide bonds. The summed E-state index contributed by atoms with van der Waals surface area (Å²) in [4.78, 5) is 0. The lowest BCUT2D eigenvalue weighted by molar-refractivity contribution is 0.479. The van der Waals surface area contributed by atoms with Gasteiger partial charge in [-0.3, -0.25) is 0 Å². The van der Waals surface area contributed by atoms with Crippen molar-refractivity contribution in [3.8, 4) is 11.5 Å². The van der Waals surface area contributed by atoms with Gasteiger partial charge in [0.2, 0.25) is 0 Å². The molecule has 0 fully saturated rings. The summed E-state index contributed by atoms with van der Waals surface area (Å²) >= 11 is 0. The lowest BCUT2D eigenvalue weighted by Gasteiger charge is -2.08. The van der Waals surface area contributed by atoms with Crippen LogP contribution in [-0.2, 0) is 0 Å². The molecule has 2 N–H and O–H groups in total. The summed E-state index contributed by atoms with van der Waals surface area (Å²) in [6.07, 6.45) is 0. The van der Waals surface area contributed by atoms with Gasteiger partial charge in [0.15, 0.2) is 0 Å². The van der Waals surface area contributed by atoms with Crippen LogP contribution in [0.4, 0.5) is 5.69 Å². The maximum Gasteiger partial charge on any atom is 0.130 e. The molecule has 0 atom stereocenters. The van der Waals surface area contributed by atoms with Crippen LogP contribution < -0.4 is 10.5 Å². The number of hydrogen-bond donors (Lipinski definition) is 1. The van der Waals surface area contributed by atoms with Gasteiger partial charge < -0.3 is 10.5 Å². The van der Waals surface area contributed by atoms with Crippen molar-refractivity contribution in [2.45, 2.75) is 6.92 Å². The fourth-order valence-corrected chi connectivity index (χ4v) is 1.33. The molecule has 16 heavy (non-hydrogen) atoms. The molecular formula is C13H14ClNO. The molecule has 0 aliphatic carbocycles. The largest absolute Gasteiger partial charge is 0.457 e. The second kappa shape index (κ2) is 5.42. The zero-order valence-electron chi connectivity index (χ0n) is 9.01. The van der Waals surface area contributed by atoms with Gasteiger partial charge in [-0.25, -0.2) is 0 Å². The molecule has 0 unspecified atom stereocenters. The molecule has 3 heteroatoms. The number of benzene rings is 2. The van der Waals surface area contributed by atoms with E-state index in [1.807, 2.05) is 55.5 Å². The summed E-state index contributed by atoms with van der Waals surface area (Å²) in [5.74, 6) is 1.68. The van der Waals surface area contributed by atoms with E-state index in [4.69, 9.17) is 10.5 Å². The average Bonchev–Trinajstić information content (AvgIpc) is 2.25. The molecule has 0 aliphatic rings. The molecule has 0 saturated carbocycles. The minimum atomic E-state index is 0. The molecule has 0 heterocycles. The van der Waals surface area contributed by atoms with Crippen LogP contribution in [-0.4, -0.2) is 0 Å². The Kier molecular flexibility index (Phi) is 4.20. The van der Waals surface area contributed by atoms with Crippen LogP contribution in [0.25, 0.3) is 0 Å². The topological polar surface area (TPSA) is 35.2 Å². The van der Waals surface area contributed by atoms with Gasteiger partial charge >= 0.3 is 0 Å². The summed E-state index contributed by atoms with van der Waals surface area (Å²) in [6.45, 7) is 2.02. The number of nitrogen functional groups attached to an aromatic ring is 1. The van der Waals surface area contributed by atoms with Crippen LogP contribution >= 0.6 is 12.4 Å². The number of ether oxygens (including phenoxy) is 1. The van der Waals surface area contributed by atoms with E-state index in [2.05, 4.69) is 0 Å². The summed E-state index contributed by atoms with van der Waals surface area (Å²) in [5, 5.41) is 0. The van der Waals surface area contributed by atoms with Gasteiger partial charge in [0, 0.05) is 5.69 Å². The Hall–Kier alpha value is -1.67. The number of anilines is 1. The molecule has 0 radical (unpaired) electrons. The van der Waals surface area contributed by atoms with Crippen molar-refractivity contribution in [3.63, 3.8) is 0 Å². The highest BCUT2D eigenvalue weighted by Crippen LogP contribution is 2.24. The van der Waals surface area contributed by atoms with Crippen molar-refractivity contribution >= 4 is 18.1 Å². The molecule has 0 bridgehead atoms. The third-order valence-electron chi connectivity index (χ3n) is 2.20. The third-order valence-corrected chi connectivity index (χ3v) is 2.20. The molecule has 2 nitrogen and oxygen atoms in total. The molecule has 2 rings (SSSR count). The van der Waals surface area contributed by atoms with Crippen LogP contribution in [0.5, 0.6) is 11.5 Å². The quantitative estimate of drug-likeness (QED) is 0.804. The minimum absolute atomic E-state index is 0. The monoisotopic (exact) mass is 235 g/mol. The molecule has 2 aromatic carbocycles. The highest BCUT2D eigenvalue weighted by Gasteiger charge is 1.99. The first-order chi connectivity index (χ1) is 7.25. The Labute approximate surface area is 101 Å². The molecule has 0 aromatic heterocycles. The van der Waals surface area contributed by atoms with Crippen LogP contribution in [0.3, 0.4) is 0 Å². The van der Waals surface area contributed by atoms with E-state index in [0.717, 1.165) is 22.7 Å². The van der Waals surface area contributed by atoms with Gasteiger partial charge in [0.1, 0.15) is 11.5 Å². The normalized spacial score (nSPS) is 9.31. The van der Waals surface area contributed by atoms with Crippen molar-refractivity contribution in [1.29, 1.82) is 0 Å². The van der Waals surface area contributed by atoms with E-state index < -0.39 is 0 Å². The summed E-state index contributed by atoms with van der Waals surface area (Å²) in [5.41, 5.74) is 7.46. The van der Waals surface area contributed by atoms with E-state index in [-0.39, 0.29) is 12.4 Å². The van der Waals surface area contributed by atoms with Crippen molar-refractivity contribution in [3.05, 3.63) is 54.1 Å². The van der Waals surface area contributed by atoms with Crippen LogP contribution in [0.15, 0.2) is 48.5 Å². The summed E-state index contributed by atoms with van der Waals surface area (Å²) < 4.78 is 5.71. The van der Waals surface area contributed by atoms with E-state index in [9.17, 15) is 0 Å². The first-order valence-electron chi connectivity index (χ1n) is 4.85. The van der Waals surface area contributed by atoms with Gasteiger partial charge in [-0.1, -0.05) is 18.2 Å². The lowest BCUT2D eigenvalue weighted by atomic mass is 10.2. The van der Waals surface area contributed by atoms with Crippen molar-refractivity contribution in [1.82, 2.24) is 0 Å². The maximum absolute atomic E-state index is 5.71. The van der Waals surface area contributed by atoms with Crippen molar-refractivity contribution in [2.24, 2.45) is 0 Å². The Morgan fingerprint density at radius 1 is 0.938 bits per heavy atom. The Balaban J connectivity index is 0.00000128. The number of aryl methyl sites for hydroxylation is 1. The molecular weight excluding hydrogens is 222 g/mol.